The number of hydrogen-bond acceptors (Lipinski definition) is 4. The van der Waals surface area contributed by atoms with Gasteiger partial charge in [0.15, 0.2) is 0 Å². The maximum absolute atomic E-state index is 13.8. The standard InChI is InChI=1S/C22H24FN3O4/c1-30-13-11-24-21(28)19-10-5-12-26(19)22(29)15-6-4-7-16(14-15)25-20(27)17-8-2-3-9-18(17)23/h2-4,6-9,14,19H,5,10-13H2,1H3,(H,24,28)(H,25,27). The lowest BCUT2D eigenvalue weighted by Crippen LogP contribution is -2.46. The minimum absolute atomic E-state index is 0.0819. The molecule has 3 amide bonds. The highest BCUT2D eigenvalue weighted by atomic mass is 19.1. The summed E-state index contributed by atoms with van der Waals surface area (Å²) < 4.78 is 18.7. The largest absolute Gasteiger partial charge is 0.383 e. The summed E-state index contributed by atoms with van der Waals surface area (Å²) >= 11 is 0. The molecular weight excluding hydrogens is 389 g/mol. The molecule has 2 aromatic rings. The maximum atomic E-state index is 13.8. The summed E-state index contributed by atoms with van der Waals surface area (Å²) in [5, 5.41) is 5.38. The van der Waals surface area contributed by atoms with Gasteiger partial charge in [-0.2, -0.15) is 0 Å². The van der Waals surface area contributed by atoms with Gasteiger partial charge in [0, 0.05) is 31.5 Å². The highest BCUT2D eigenvalue weighted by Crippen LogP contribution is 2.22. The number of methoxy groups -OCH3 is 1. The summed E-state index contributed by atoms with van der Waals surface area (Å²) in [5.41, 5.74) is 0.633. The van der Waals surface area contributed by atoms with Gasteiger partial charge in [0.2, 0.25) is 5.91 Å². The van der Waals surface area contributed by atoms with Crippen molar-refractivity contribution in [3.05, 3.63) is 65.5 Å². The van der Waals surface area contributed by atoms with E-state index in [0.29, 0.717) is 37.4 Å². The van der Waals surface area contributed by atoms with Crippen LogP contribution in [-0.4, -0.2) is 55.5 Å². The average molecular weight is 413 g/mol. The predicted octanol–water partition coefficient (Wildman–Crippen LogP) is 2.45. The van der Waals surface area contributed by atoms with Gasteiger partial charge < -0.3 is 20.3 Å². The third-order valence-electron chi connectivity index (χ3n) is 4.91. The van der Waals surface area contributed by atoms with Crippen LogP contribution in [0.5, 0.6) is 0 Å². The molecule has 2 aromatic carbocycles. The Labute approximate surface area is 174 Å². The third-order valence-corrected chi connectivity index (χ3v) is 4.91. The van der Waals surface area contributed by atoms with E-state index in [2.05, 4.69) is 10.6 Å². The Morgan fingerprint density at radius 1 is 1.17 bits per heavy atom. The Balaban J connectivity index is 1.70. The van der Waals surface area contributed by atoms with E-state index in [9.17, 15) is 18.8 Å². The van der Waals surface area contributed by atoms with Gasteiger partial charge >= 0.3 is 0 Å². The summed E-state index contributed by atoms with van der Waals surface area (Å²) in [6.07, 6.45) is 1.33. The minimum Gasteiger partial charge on any atom is -0.383 e. The first-order valence-corrected chi connectivity index (χ1v) is 9.75. The van der Waals surface area contributed by atoms with Gasteiger partial charge in [0.05, 0.1) is 12.2 Å². The van der Waals surface area contributed by atoms with E-state index in [1.54, 1.807) is 36.3 Å². The van der Waals surface area contributed by atoms with Crippen LogP contribution in [0.3, 0.4) is 0 Å². The fourth-order valence-electron chi connectivity index (χ4n) is 3.42. The molecule has 1 saturated heterocycles. The number of ether oxygens (including phenoxy) is 1. The van der Waals surface area contributed by atoms with E-state index in [-0.39, 0.29) is 17.4 Å². The van der Waals surface area contributed by atoms with Crippen molar-refractivity contribution in [3.63, 3.8) is 0 Å². The van der Waals surface area contributed by atoms with Crippen molar-refractivity contribution in [1.82, 2.24) is 10.2 Å². The first kappa shape index (κ1) is 21.4. The lowest BCUT2D eigenvalue weighted by molar-refractivity contribution is -0.125. The molecule has 2 N–H and O–H groups in total. The number of nitrogens with zero attached hydrogens (tertiary/aromatic N) is 1. The van der Waals surface area contributed by atoms with E-state index in [0.717, 1.165) is 6.42 Å². The van der Waals surface area contributed by atoms with Crippen LogP contribution in [0, 0.1) is 5.82 Å². The van der Waals surface area contributed by atoms with Gasteiger partial charge in [-0.3, -0.25) is 14.4 Å². The van der Waals surface area contributed by atoms with Crippen molar-refractivity contribution in [2.24, 2.45) is 0 Å². The topological polar surface area (TPSA) is 87.7 Å². The van der Waals surface area contributed by atoms with Gasteiger partial charge in [0.1, 0.15) is 11.9 Å². The molecule has 0 bridgehead atoms. The molecule has 158 valence electrons. The lowest BCUT2D eigenvalue weighted by Gasteiger charge is -2.24. The number of benzene rings is 2. The van der Waals surface area contributed by atoms with Crippen molar-refractivity contribution in [3.8, 4) is 0 Å². The third kappa shape index (κ3) is 5.01. The molecule has 1 atom stereocenters. The van der Waals surface area contributed by atoms with Gasteiger partial charge in [-0.1, -0.05) is 18.2 Å². The molecule has 1 fully saturated rings. The zero-order chi connectivity index (χ0) is 21.5. The predicted molar refractivity (Wildman–Crippen MR) is 110 cm³/mol. The molecule has 0 radical (unpaired) electrons. The van der Waals surface area contributed by atoms with Gasteiger partial charge in [-0.15, -0.1) is 0 Å². The number of carbonyl (C=O) groups excluding carboxylic acids is 3. The quantitative estimate of drug-likeness (QED) is 0.683. The average Bonchev–Trinajstić information content (AvgIpc) is 3.24. The second-order valence-corrected chi connectivity index (χ2v) is 6.96. The van der Waals surface area contributed by atoms with Crippen LogP contribution in [0.4, 0.5) is 10.1 Å². The smallest absolute Gasteiger partial charge is 0.258 e. The molecule has 0 spiro atoms. The monoisotopic (exact) mass is 413 g/mol. The zero-order valence-electron chi connectivity index (χ0n) is 16.7. The van der Waals surface area contributed by atoms with Crippen molar-refractivity contribution in [2.75, 3.05) is 32.1 Å². The lowest BCUT2D eigenvalue weighted by atomic mass is 10.1. The number of amides is 3. The van der Waals surface area contributed by atoms with Crippen molar-refractivity contribution in [1.29, 1.82) is 0 Å². The molecule has 30 heavy (non-hydrogen) atoms. The Morgan fingerprint density at radius 2 is 1.97 bits per heavy atom. The fourth-order valence-corrected chi connectivity index (χ4v) is 3.42. The number of nitrogens with one attached hydrogen (secondary N) is 2. The summed E-state index contributed by atoms with van der Waals surface area (Å²) in [6, 6.07) is 11.5. The normalized spacial score (nSPS) is 15.7. The van der Waals surface area contributed by atoms with Crippen LogP contribution >= 0.6 is 0 Å². The van der Waals surface area contributed by atoms with Gasteiger partial charge in [0.25, 0.3) is 11.8 Å². The molecular formula is C22H24FN3O4. The van der Waals surface area contributed by atoms with Gasteiger partial charge in [-0.25, -0.2) is 4.39 Å². The van der Waals surface area contributed by atoms with Crippen LogP contribution in [0.15, 0.2) is 48.5 Å². The summed E-state index contributed by atoms with van der Waals surface area (Å²) in [4.78, 5) is 39.3. The second-order valence-electron chi connectivity index (χ2n) is 6.96. The SMILES string of the molecule is COCCNC(=O)C1CCCN1C(=O)c1cccc(NC(=O)c2ccccc2F)c1. The van der Waals surface area contributed by atoms with E-state index in [4.69, 9.17) is 4.74 Å². The minimum atomic E-state index is -0.623. The molecule has 8 heteroatoms. The van der Waals surface area contributed by atoms with Crippen molar-refractivity contribution >= 4 is 23.4 Å². The number of hydrogen-bond donors (Lipinski definition) is 2. The van der Waals surface area contributed by atoms with E-state index in [1.807, 2.05) is 0 Å². The fraction of sp³-hybridized carbons (Fsp3) is 0.318. The molecule has 1 aliphatic rings. The first-order chi connectivity index (χ1) is 14.5. The molecule has 7 nitrogen and oxygen atoms in total. The molecule has 0 aromatic heterocycles. The van der Waals surface area contributed by atoms with Crippen molar-refractivity contribution in [2.45, 2.75) is 18.9 Å². The number of anilines is 1. The van der Waals surface area contributed by atoms with Crippen LogP contribution in [0.25, 0.3) is 0 Å². The van der Waals surface area contributed by atoms with E-state index >= 15 is 0 Å². The molecule has 1 unspecified atom stereocenters. The first-order valence-electron chi connectivity index (χ1n) is 9.75. The number of rotatable bonds is 7. The summed E-state index contributed by atoms with van der Waals surface area (Å²) in [5.74, 6) is -1.72. The van der Waals surface area contributed by atoms with Gasteiger partial charge in [-0.05, 0) is 43.2 Å². The van der Waals surface area contributed by atoms with E-state index in [1.165, 1.54) is 24.3 Å². The highest BCUT2D eigenvalue weighted by Gasteiger charge is 2.34. The number of carbonyl (C=O) groups is 3. The Kier molecular flexibility index (Phi) is 7.13. The summed E-state index contributed by atoms with van der Waals surface area (Å²) in [6.45, 7) is 1.26. The Bertz CT molecular complexity index is 934. The van der Waals surface area contributed by atoms with Crippen LogP contribution < -0.4 is 10.6 Å². The highest BCUT2D eigenvalue weighted by molar-refractivity contribution is 6.05. The van der Waals surface area contributed by atoms with Crippen LogP contribution in [0.1, 0.15) is 33.6 Å². The number of halogens is 1. The molecule has 3 rings (SSSR count). The van der Waals surface area contributed by atoms with Crippen molar-refractivity contribution < 1.29 is 23.5 Å². The van der Waals surface area contributed by atoms with E-state index < -0.39 is 17.8 Å². The van der Waals surface area contributed by atoms with Crippen LogP contribution in [0.2, 0.25) is 0 Å². The van der Waals surface area contributed by atoms with Crippen LogP contribution in [-0.2, 0) is 9.53 Å². The second kappa shape index (κ2) is 9.98. The maximum Gasteiger partial charge on any atom is 0.258 e. The molecule has 1 aliphatic heterocycles. The molecule has 1 heterocycles. The Hall–Kier alpha value is -3.26. The molecule has 0 aliphatic carbocycles. The summed E-state index contributed by atoms with van der Waals surface area (Å²) in [7, 11) is 1.55. The Morgan fingerprint density at radius 3 is 2.73 bits per heavy atom. The molecule has 0 saturated carbocycles. The number of likely N-dealkylation sites (tertiary alicyclic amines) is 1. The zero-order valence-corrected chi connectivity index (χ0v) is 16.7.